The number of carbonyl (C=O) groups is 4. The van der Waals surface area contributed by atoms with Crippen molar-refractivity contribution in [2.24, 2.45) is 5.92 Å². The highest BCUT2D eigenvalue weighted by Crippen LogP contribution is 2.18. The van der Waals surface area contributed by atoms with Crippen molar-refractivity contribution in [3.8, 4) is 0 Å². The molecule has 0 aliphatic heterocycles. The lowest BCUT2D eigenvalue weighted by Crippen LogP contribution is -2.34. The Labute approximate surface area is 440 Å². The maximum Gasteiger partial charge on any atom is 0.307 e. The van der Waals surface area contributed by atoms with E-state index in [1.807, 2.05) is 0 Å². The molecule has 0 heterocycles. The smallest absolute Gasteiger partial charge is 0.307 e. The Bertz CT molecular complexity index is 1290. The Morgan fingerprint density at radius 1 is 0.403 bits per heavy atom. The van der Waals surface area contributed by atoms with Crippen LogP contribution < -0.4 is 0 Å². The highest BCUT2D eigenvalue weighted by Gasteiger charge is 2.16. The zero-order valence-corrected chi connectivity index (χ0v) is 47.0. The molecule has 0 aromatic carbocycles. The van der Waals surface area contributed by atoms with Crippen molar-refractivity contribution in [2.45, 2.75) is 202 Å². The van der Waals surface area contributed by atoms with Gasteiger partial charge in [0, 0.05) is 26.2 Å². The van der Waals surface area contributed by atoms with E-state index in [-0.39, 0.29) is 75.0 Å². The van der Waals surface area contributed by atoms with Crippen molar-refractivity contribution in [1.82, 2.24) is 14.7 Å². The van der Waals surface area contributed by atoms with Crippen molar-refractivity contribution in [2.75, 3.05) is 106 Å². The number of nitrogens with zero attached hydrogens (tertiary/aromatic N) is 3. The average Bonchev–Trinajstić information content (AvgIpc) is 3.36. The minimum Gasteiger partial charge on any atom is -0.466 e. The second-order valence-electron chi connectivity index (χ2n) is 19.0. The molecule has 1 atom stereocenters. The molecule has 422 valence electrons. The molecule has 0 radical (unpaired) electrons. The molecule has 0 aromatic rings. The molecule has 72 heavy (non-hydrogen) atoms. The van der Waals surface area contributed by atoms with Gasteiger partial charge in [0.25, 0.3) is 0 Å². The van der Waals surface area contributed by atoms with E-state index in [9.17, 15) is 19.2 Å². The second-order valence-corrected chi connectivity index (χ2v) is 19.0. The summed E-state index contributed by atoms with van der Waals surface area (Å²) >= 11 is 0. The van der Waals surface area contributed by atoms with Crippen LogP contribution >= 0.6 is 0 Å². The highest BCUT2D eigenvalue weighted by atomic mass is 16.7. The number of hydrogen-bond donors (Lipinski definition) is 0. The summed E-state index contributed by atoms with van der Waals surface area (Å²) in [5.41, 5.74) is 0. The Morgan fingerprint density at radius 2 is 0.806 bits per heavy atom. The summed E-state index contributed by atoms with van der Waals surface area (Å²) in [7, 11) is 2.10. The van der Waals surface area contributed by atoms with Crippen molar-refractivity contribution in [3.63, 3.8) is 0 Å². The molecule has 0 aromatic heterocycles. The molecule has 0 bridgehead atoms. The molecule has 0 aliphatic carbocycles. The number of esters is 4. The van der Waals surface area contributed by atoms with Crippen LogP contribution in [0.15, 0.2) is 36.5 Å². The summed E-state index contributed by atoms with van der Waals surface area (Å²) in [5, 5.41) is 0. The monoisotopic (exact) mass is 1020 g/mol. The maximum absolute atomic E-state index is 12.8. The van der Waals surface area contributed by atoms with Gasteiger partial charge in [-0.05, 0) is 142 Å². The normalized spacial score (nSPS) is 12.2. The number of carbonyl (C=O) groups excluding carboxylic acids is 4. The largest absolute Gasteiger partial charge is 0.466 e. The first kappa shape index (κ1) is 70.9. The Hall–Kier alpha value is -3.14. The van der Waals surface area contributed by atoms with Crippen LogP contribution in [0.25, 0.3) is 0 Å². The van der Waals surface area contributed by atoms with E-state index in [1.54, 1.807) is 0 Å². The van der Waals surface area contributed by atoms with Gasteiger partial charge in [0.15, 0.2) is 0 Å². The van der Waals surface area contributed by atoms with Crippen LogP contribution in [0, 0.1) is 5.92 Å². The lowest BCUT2D eigenvalue weighted by Gasteiger charge is -2.25. The molecular formula is C58H109N3O11. The average molecular weight is 1020 g/mol. The predicted molar refractivity (Wildman–Crippen MR) is 294 cm³/mol. The summed E-state index contributed by atoms with van der Waals surface area (Å²) in [6, 6.07) is 0. The van der Waals surface area contributed by atoms with E-state index < -0.39 is 0 Å². The third-order valence-corrected chi connectivity index (χ3v) is 12.3. The zero-order chi connectivity index (χ0) is 52.1. The van der Waals surface area contributed by atoms with E-state index in [2.05, 4.69) is 92.8 Å². The fourth-order valence-corrected chi connectivity index (χ4v) is 7.91. The lowest BCUT2D eigenvalue weighted by molar-refractivity contribution is -0.148. The zero-order valence-electron chi connectivity index (χ0n) is 47.0. The number of hydrogen-bond acceptors (Lipinski definition) is 13. The number of ether oxygens (including phenoxy) is 6. The third-order valence-electron chi connectivity index (χ3n) is 12.3. The first-order chi connectivity index (χ1) is 34.7. The molecule has 0 saturated carbocycles. The second kappa shape index (κ2) is 55.6. The molecule has 14 heteroatoms. The first-order valence-corrected chi connectivity index (χ1v) is 28.5. The van der Waals surface area contributed by atoms with E-state index in [0.29, 0.717) is 65.1 Å². The van der Waals surface area contributed by atoms with Crippen LogP contribution in [0.2, 0.25) is 0 Å². The molecule has 0 rings (SSSR count). The van der Waals surface area contributed by atoms with Crippen LogP contribution in [-0.2, 0) is 47.6 Å². The molecular weight excluding hydrogens is 915 g/mol. The molecule has 0 fully saturated rings. The van der Waals surface area contributed by atoms with Crippen molar-refractivity contribution in [1.29, 1.82) is 0 Å². The van der Waals surface area contributed by atoms with Gasteiger partial charge in [0.1, 0.15) is 13.4 Å². The summed E-state index contributed by atoms with van der Waals surface area (Å²) in [5.74, 6) is -0.361. The predicted octanol–water partition coefficient (Wildman–Crippen LogP) is 11.4. The van der Waals surface area contributed by atoms with Gasteiger partial charge < -0.3 is 48.6 Å². The van der Waals surface area contributed by atoms with Gasteiger partial charge in [0.05, 0.1) is 58.7 Å². The molecule has 2 N–H and O–H groups in total. The Kier molecular flexibility index (Phi) is 54.8. The molecule has 14 nitrogen and oxygen atoms in total. The van der Waals surface area contributed by atoms with Crippen LogP contribution in [-0.4, -0.2) is 150 Å². The molecule has 0 saturated heterocycles. The molecule has 0 aliphatic rings. The van der Waals surface area contributed by atoms with Gasteiger partial charge in [-0.2, -0.15) is 0 Å². The fraction of sp³-hybridized carbons (Fsp3) is 0.828. The Morgan fingerprint density at radius 3 is 1.21 bits per heavy atom. The summed E-state index contributed by atoms with van der Waals surface area (Å²) < 4.78 is 33.6. The summed E-state index contributed by atoms with van der Waals surface area (Å²) in [4.78, 5) is 57.4. The van der Waals surface area contributed by atoms with E-state index >= 15 is 0 Å². The quantitative estimate of drug-likeness (QED) is 0.0186. The number of rotatable bonds is 53. The topological polar surface area (TPSA) is 165 Å². The van der Waals surface area contributed by atoms with Gasteiger partial charge in [-0.1, -0.05) is 110 Å². The number of unbranched alkanes of at least 4 members (excludes halogenated alkanes) is 10. The van der Waals surface area contributed by atoms with Crippen LogP contribution in [0.1, 0.15) is 202 Å². The van der Waals surface area contributed by atoms with Gasteiger partial charge in [-0.15, -0.1) is 0 Å². The third kappa shape index (κ3) is 50.4. The number of allylic oxidation sites excluding steroid dienone is 6. The van der Waals surface area contributed by atoms with Gasteiger partial charge in [0.2, 0.25) is 0 Å². The SMILES string of the molecule is CC/C=C\CCCCOC(=O)CCN(CCCN(C)CCCN(CCC(=O)OCCCC/C=C\CC)CCC(=O)OCCOCOCC(CCCC)CCCCCC)CCC(=O)OCCCC/C=C\CC.O. The van der Waals surface area contributed by atoms with Crippen molar-refractivity contribution >= 4 is 23.9 Å². The van der Waals surface area contributed by atoms with Gasteiger partial charge in [-0.3, -0.25) is 19.2 Å². The fourth-order valence-electron chi connectivity index (χ4n) is 7.91. The first-order valence-electron chi connectivity index (χ1n) is 28.5. The maximum atomic E-state index is 12.8. The van der Waals surface area contributed by atoms with E-state index in [1.165, 1.54) is 51.4 Å². The molecule has 1 unspecified atom stereocenters. The van der Waals surface area contributed by atoms with Crippen LogP contribution in [0.4, 0.5) is 0 Å². The van der Waals surface area contributed by atoms with Gasteiger partial charge in [-0.25, -0.2) is 0 Å². The molecule has 0 spiro atoms. The highest BCUT2D eigenvalue weighted by molar-refractivity contribution is 5.71. The van der Waals surface area contributed by atoms with Crippen molar-refractivity contribution in [3.05, 3.63) is 36.5 Å². The summed E-state index contributed by atoms with van der Waals surface area (Å²) in [6.07, 6.45) is 37.2. The molecule has 0 amide bonds. The summed E-state index contributed by atoms with van der Waals surface area (Å²) in [6.45, 7) is 18.6. The lowest BCUT2D eigenvalue weighted by atomic mass is 9.96. The van der Waals surface area contributed by atoms with E-state index in [0.717, 1.165) is 110 Å². The minimum absolute atomic E-state index is 0. The van der Waals surface area contributed by atoms with Crippen molar-refractivity contribution < 1.29 is 53.1 Å². The van der Waals surface area contributed by atoms with E-state index in [4.69, 9.17) is 28.4 Å². The van der Waals surface area contributed by atoms with Crippen LogP contribution in [0.3, 0.4) is 0 Å². The standard InChI is InChI=1S/C58H107N3O10.H2O/c1-7-12-17-21-24-28-47-68-55(62)35-43-60(44-36-56(63)69-48-29-25-22-18-13-8-2)41-31-39-59(6)40-32-42-61(45-37-57(64)70-49-30-26-23-19-14-9-3)46-38-58(65)71-51-50-66-53-67-52-54(33-16-11-5)34-27-20-15-10-4;/h12-14,17-19,54H,7-11,15-16,20-53H2,1-6H3;1H2/b17-12-,18-13-,19-14-;. The minimum atomic E-state index is -0.292. The Balaban J connectivity index is 0. The van der Waals surface area contributed by atoms with Crippen LogP contribution in [0.5, 0.6) is 0 Å². The van der Waals surface area contributed by atoms with Gasteiger partial charge >= 0.3 is 23.9 Å².